The Hall–Kier alpha value is -1.84. The van der Waals surface area contributed by atoms with Crippen molar-refractivity contribution >= 4 is 11.8 Å². The molecule has 4 nitrogen and oxygen atoms in total. The smallest absolute Gasteiger partial charge is 0.230 e. The molecule has 1 aromatic rings. The predicted octanol–water partition coefficient (Wildman–Crippen LogP) is 2.95. The van der Waals surface area contributed by atoms with Crippen LogP contribution in [0.1, 0.15) is 51.0 Å². The molecule has 1 saturated heterocycles. The van der Waals surface area contributed by atoms with Crippen LogP contribution in [0.3, 0.4) is 0 Å². The van der Waals surface area contributed by atoms with Crippen molar-refractivity contribution in [2.45, 2.75) is 45.4 Å². The molecule has 1 unspecified atom stereocenters. The molecule has 4 heteroatoms. The lowest BCUT2D eigenvalue weighted by atomic mass is 9.91. The minimum atomic E-state index is -0.0679. The average Bonchev–Trinajstić information content (AvgIpc) is 2.61. The van der Waals surface area contributed by atoms with E-state index in [0.29, 0.717) is 13.1 Å². The third kappa shape index (κ3) is 4.57. The maximum atomic E-state index is 12.8. The van der Waals surface area contributed by atoms with E-state index in [1.165, 1.54) is 0 Å². The van der Waals surface area contributed by atoms with Gasteiger partial charge in [0.2, 0.25) is 11.8 Å². The van der Waals surface area contributed by atoms with Crippen molar-refractivity contribution in [1.82, 2.24) is 10.2 Å². The van der Waals surface area contributed by atoms with Crippen LogP contribution in [-0.4, -0.2) is 36.3 Å². The van der Waals surface area contributed by atoms with Crippen LogP contribution >= 0.6 is 0 Å². The van der Waals surface area contributed by atoms with Gasteiger partial charge in [-0.15, -0.1) is 0 Å². The fourth-order valence-electron chi connectivity index (χ4n) is 3.21. The number of rotatable bonds is 6. The topological polar surface area (TPSA) is 49.4 Å². The lowest BCUT2D eigenvalue weighted by Gasteiger charge is -2.33. The molecule has 1 aliphatic heterocycles. The van der Waals surface area contributed by atoms with Gasteiger partial charge in [-0.05, 0) is 31.2 Å². The molecule has 0 bridgehead atoms. The highest BCUT2D eigenvalue weighted by Crippen LogP contribution is 2.25. The molecule has 126 valence electrons. The largest absolute Gasteiger partial charge is 0.356 e. The second-order valence-corrected chi connectivity index (χ2v) is 6.26. The standard InChI is InChI=1S/C19H28N2O2/c1-3-12-20-18(22)16-10-13-21(14-11-16)19(23)17(4-2)15-8-6-5-7-9-15/h5-9,16-17H,3-4,10-14H2,1-2H3,(H,20,22). The fraction of sp³-hybridized carbons (Fsp3) is 0.579. The minimum Gasteiger partial charge on any atom is -0.356 e. The summed E-state index contributed by atoms with van der Waals surface area (Å²) in [7, 11) is 0. The van der Waals surface area contributed by atoms with Crippen LogP contribution in [0.4, 0.5) is 0 Å². The summed E-state index contributed by atoms with van der Waals surface area (Å²) in [5.41, 5.74) is 1.09. The lowest BCUT2D eigenvalue weighted by Crippen LogP contribution is -2.44. The van der Waals surface area contributed by atoms with E-state index in [1.807, 2.05) is 35.2 Å². The summed E-state index contributed by atoms with van der Waals surface area (Å²) < 4.78 is 0. The number of hydrogen-bond acceptors (Lipinski definition) is 2. The molecular formula is C19H28N2O2. The Labute approximate surface area is 139 Å². The van der Waals surface area contributed by atoms with Crippen LogP contribution in [0.2, 0.25) is 0 Å². The molecule has 0 radical (unpaired) electrons. The Bertz CT molecular complexity index is 507. The Morgan fingerprint density at radius 3 is 2.39 bits per heavy atom. The van der Waals surface area contributed by atoms with Gasteiger partial charge in [-0.3, -0.25) is 9.59 Å². The zero-order valence-corrected chi connectivity index (χ0v) is 14.3. The number of hydrogen-bond donors (Lipinski definition) is 1. The molecule has 0 saturated carbocycles. The van der Waals surface area contributed by atoms with Crippen molar-refractivity contribution in [3.8, 4) is 0 Å². The van der Waals surface area contributed by atoms with Crippen molar-refractivity contribution < 1.29 is 9.59 Å². The Kier molecular flexibility index (Phi) is 6.63. The van der Waals surface area contributed by atoms with Gasteiger partial charge >= 0.3 is 0 Å². The zero-order valence-electron chi connectivity index (χ0n) is 14.3. The number of carbonyl (C=O) groups is 2. The van der Waals surface area contributed by atoms with E-state index in [0.717, 1.165) is 37.8 Å². The van der Waals surface area contributed by atoms with Gasteiger partial charge in [0.15, 0.2) is 0 Å². The average molecular weight is 316 g/mol. The van der Waals surface area contributed by atoms with Crippen molar-refractivity contribution in [2.24, 2.45) is 5.92 Å². The molecule has 1 heterocycles. The summed E-state index contributed by atoms with van der Waals surface area (Å²) in [5, 5.41) is 2.96. The zero-order chi connectivity index (χ0) is 16.7. The first-order valence-electron chi connectivity index (χ1n) is 8.78. The molecule has 1 fully saturated rings. The first kappa shape index (κ1) is 17.5. The van der Waals surface area contributed by atoms with Gasteiger partial charge in [-0.2, -0.15) is 0 Å². The van der Waals surface area contributed by atoms with Crippen molar-refractivity contribution in [2.75, 3.05) is 19.6 Å². The fourth-order valence-corrected chi connectivity index (χ4v) is 3.21. The molecule has 23 heavy (non-hydrogen) atoms. The molecule has 1 aromatic carbocycles. The second-order valence-electron chi connectivity index (χ2n) is 6.26. The van der Waals surface area contributed by atoms with Gasteiger partial charge in [-0.1, -0.05) is 44.2 Å². The van der Waals surface area contributed by atoms with E-state index in [9.17, 15) is 9.59 Å². The SMILES string of the molecule is CCCNC(=O)C1CCN(C(=O)C(CC)c2ccccc2)CC1. The van der Waals surface area contributed by atoms with E-state index in [1.54, 1.807) is 0 Å². The molecule has 1 atom stereocenters. The summed E-state index contributed by atoms with van der Waals surface area (Å²) in [6.07, 6.45) is 3.30. The molecule has 0 spiro atoms. The van der Waals surface area contributed by atoms with E-state index in [-0.39, 0.29) is 23.7 Å². The second kappa shape index (κ2) is 8.70. The van der Waals surface area contributed by atoms with Gasteiger partial charge in [0.1, 0.15) is 0 Å². The summed E-state index contributed by atoms with van der Waals surface area (Å²) in [4.78, 5) is 26.8. The number of benzene rings is 1. The van der Waals surface area contributed by atoms with Crippen molar-refractivity contribution in [3.05, 3.63) is 35.9 Å². The van der Waals surface area contributed by atoms with Crippen LogP contribution in [0.15, 0.2) is 30.3 Å². The highest BCUT2D eigenvalue weighted by molar-refractivity contribution is 5.84. The van der Waals surface area contributed by atoms with Crippen LogP contribution in [0.25, 0.3) is 0 Å². The Morgan fingerprint density at radius 2 is 1.83 bits per heavy atom. The summed E-state index contributed by atoms with van der Waals surface area (Å²) in [5.74, 6) is 0.337. The number of likely N-dealkylation sites (tertiary alicyclic amines) is 1. The van der Waals surface area contributed by atoms with Crippen LogP contribution in [0, 0.1) is 5.92 Å². The Balaban J connectivity index is 1.91. The van der Waals surface area contributed by atoms with Gasteiger partial charge in [0.05, 0.1) is 5.92 Å². The summed E-state index contributed by atoms with van der Waals surface area (Å²) >= 11 is 0. The Morgan fingerprint density at radius 1 is 1.17 bits per heavy atom. The number of piperidine rings is 1. The highest BCUT2D eigenvalue weighted by Gasteiger charge is 2.30. The quantitative estimate of drug-likeness (QED) is 0.877. The van der Waals surface area contributed by atoms with E-state index in [2.05, 4.69) is 19.2 Å². The molecule has 1 aliphatic rings. The van der Waals surface area contributed by atoms with Gasteiger partial charge in [0.25, 0.3) is 0 Å². The summed E-state index contributed by atoms with van der Waals surface area (Å²) in [6, 6.07) is 9.99. The van der Waals surface area contributed by atoms with E-state index >= 15 is 0 Å². The normalized spacial score (nSPS) is 16.9. The van der Waals surface area contributed by atoms with E-state index in [4.69, 9.17) is 0 Å². The molecule has 0 aliphatic carbocycles. The molecule has 0 aromatic heterocycles. The third-order valence-electron chi connectivity index (χ3n) is 4.63. The molecule has 2 rings (SSSR count). The number of carbonyl (C=O) groups excluding carboxylic acids is 2. The van der Waals surface area contributed by atoms with E-state index < -0.39 is 0 Å². The van der Waals surface area contributed by atoms with Gasteiger partial charge in [-0.25, -0.2) is 0 Å². The van der Waals surface area contributed by atoms with Crippen LogP contribution in [-0.2, 0) is 9.59 Å². The van der Waals surface area contributed by atoms with Crippen molar-refractivity contribution in [1.29, 1.82) is 0 Å². The van der Waals surface area contributed by atoms with Crippen LogP contribution < -0.4 is 5.32 Å². The van der Waals surface area contributed by atoms with Crippen LogP contribution in [0.5, 0.6) is 0 Å². The maximum absolute atomic E-state index is 12.8. The lowest BCUT2D eigenvalue weighted by molar-refractivity contribution is -0.137. The maximum Gasteiger partial charge on any atom is 0.230 e. The minimum absolute atomic E-state index is 0.0578. The number of nitrogens with one attached hydrogen (secondary N) is 1. The van der Waals surface area contributed by atoms with Gasteiger partial charge in [0, 0.05) is 25.6 Å². The number of amides is 2. The molecule has 2 amide bonds. The van der Waals surface area contributed by atoms with Gasteiger partial charge < -0.3 is 10.2 Å². The monoisotopic (exact) mass is 316 g/mol. The highest BCUT2D eigenvalue weighted by atomic mass is 16.2. The van der Waals surface area contributed by atoms with Crippen molar-refractivity contribution in [3.63, 3.8) is 0 Å². The number of nitrogens with zero attached hydrogens (tertiary/aromatic N) is 1. The molecule has 1 N–H and O–H groups in total. The molecular weight excluding hydrogens is 288 g/mol. The summed E-state index contributed by atoms with van der Waals surface area (Å²) in [6.45, 7) is 6.22. The third-order valence-corrected chi connectivity index (χ3v) is 4.63. The first-order chi connectivity index (χ1) is 11.2. The first-order valence-corrected chi connectivity index (χ1v) is 8.78. The predicted molar refractivity (Wildman–Crippen MR) is 92.1 cm³/mol.